The molecule has 0 aliphatic rings. The van der Waals surface area contributed by atoms with Gasteiger partial charge in [-0.3, -0.25) is 20.4 Å². The van der Waals surface area contributed by atoms with Crippen molar-refractivity contribution in [2.75, 3.05) is 7.11 Å². The van der Waals surface area contributed by atoms with Crippen molar-refractivity contribution in [2.45, 2.75) is 13.8 Å². The summed E-state index contributed by atoms with van der Waals surface area (Å²) in [5.41, 5.74) is 6.30. The molecule has 4 N–H and O–H groups in total. The van der Waals surface area contributed by atoms with Gasteiger partial charge in [-0.05, 0) is 41.4 Å². The Morgan fingerprint density at radius 2 is 1.83 bits per heavy atom. The fourth-order valence-corrected chi connectivity index (χ4v) is 2.47. The molecule has 0 atom stereocenters. The number of nitrogens with one attached hydrogen (secondary N) is 4. The summed E-state index contributed by atoms with van der Waals surface area (Å²) in [5.74, 6) is -1.60. The van der Waals surface area contributed by atoms with Gasteiger partial charge in [0.2, 0.25) is 0 Å². The first kappa shape index (κ1) is 16.8. The summed E-state index contributed by atoms with van der Waals surface area (Å²) in [6.07, 6.45) is 1.60. The van der Waals surface area contributed by atoms with Crippen molar-refractivity contribution < 1.29 is 19.1 Å². The maximum Gasteiger partial charge on any atom is 0.339 e. The summed E-state index contributed by atoms with van der Waals surface area (Å²) in [5, 5.41) is 0. The van der Waals surface area contributed by atoms with E-state index in [9.17, 15) is 14.4 Å². The number of carbonyl (C=O) groups is 3. The van der Waals surface area contributed by atoms with Crippen molar-refractivity contribution in [1.82, 2.24) is 20.8 Å². The fraction of sp³-hybridized carbons (Fsp3) is 0.214. The van der Waals surface area contributed by atoms with E-state index >= 15 is 0 Å². The van der Waals surface area contributed by atoms with Crippen molar-refractivity contribution >= 4 is 33.7 Å². The molecule has 0 aromatic carbocycles. The van der Waals surface area contributed by atoms with Gasteiger partial charge in [-0.15, -0.1) is 0 Å². The summed E-state index contributed by atoms with van der Waals surface area (Å²) in [4.78, 5) is 41.2. The number of esters is 1. The number of hydrogen-bond acceptors (Lipinski definition) is 4. The van der Waals surface area contributed by atoms with Crippen molar-refractivity contribution in [3.63, 3.8) is 0 Å². The molecule has 2 amide bonds. The number of methoxy groups -OCH3 is 1. The van der Waals surface area contributed by atoms with Gasteiger partial charge in [-0.1, -0.05) is 0 Å². The first-order valence-corrected chi connectivity index (χ1v) is 7.36. The van der Waals surface area contributed by atoms with Gasteiger partial charge < -0.3 is 14.7 Å². The highest BCUT2D eigenvalue weighted by molar-refractivity contribution is 9.10. The minimum atomic E-state index is -0.570. The monoisotopic (exact) mass is 382 g/mol. The van der Waals surface area contributed by atoms with Gasteiger partial charge in [0.1, 0.15) is 11.4 Å². The first-order chi connectivity index (χ1) is 10.8. The molecular formula is C14H15BrN4O4. The zero-order chi connectivity index (χ0) is 17.1. The molecule has 23 heavy (non-hydrogen) atoms. The molecule has 0 unspecified atom stereocenters. The zero-order valence-electron chi connectivity index (χ0n) is 12.7. The molecule has 2 heterocycles. The van der Waals surface area contributed by atoms with E-state index in [2.05, 4.69) is 41.5 Å². The van der Waals surface area contributed by atoms with E-state index in [0.717, 1.165) is 0 Å². The summed E-state index contributed by atoms with van der Waals surface area (Å²) in [6, 6.07) is 1.57. The van der Waals surface area contributed by atoms with E-state index in [-0.39, 0.29) is 11.4 Å². The van der Waals surface area contributed by atoms with Crippen LogP contribution in [0.15, 0.2) is 16.7 Å². The number of aromatic nitrogens is 2. The Bertz CT molecular complexity index is 778. The average molecular weight is 383 g/mol. The van der Waals surface area contributed by atoms with Gasteiger partial charge in [-0.2, -0.15) is 0 Å². The molecule has 8 nitrogen and oxygen atoms in total. The second-order valence-corrected chi connectivity index (χ2v) is 5.67. The Kier molecular flexibility index (Phi) is 4.89. The molecule has 9 heteroatoms. The number of hydrazine groups is 1. The SMILES string of the molecule is COC(=O)c1c(C)[nH]c(C(=O)NNC(=O)c2cc(Br)c[nH]2)c1C. The number of amides is 2. The van der Waals surface area contributed by atoms with E-state index in [1.54, 1.807) is 26.1 Å². The predicted octanol–water partition coefficient (Wildman–Crippen LogP) is 1.58. The predicted molar refractivity (Wildman–Crippen MR) is 85.0 cm³/mol. The topological polar surface area (TPSA) is 116 Å². The van der Waals surface area contributed by atoms with Crippen molar-refractivity contribution in [3.05, 3.63) is 44.9 Å². The number of aryl methyl sites for hydroxylation is 1. The van der Waals surface area contributed by atoms with E-state index in [4.69, 9.17) is 0 Å². The standard InChI is InChI=1S/C14H15BrN4O4/c1-6-10(14(22)23-3)7(2)17-11(6)13(21)19-18-12(20)9-4-8(15)5-16-9/h4-5,16-17H,1-3H3,(H,18,20)(H,19,21). The van der Waals surface area contributed by atoms with Gasteiger partial charge in [-0.25, -0.2) is 4.79 Å². The molecule has 0 saturated carbocycles. The number of H-pyrrole nitrogens is 2. The van der Waals surface area contributed by atoms with Crippen LogP contribution in [0.3, 0.4) is 0 Å². The Morgan fingerprint density at radius 1 is 1.17 bits per heavy atom. The average Bonchev–Trinajstić information content (AvgIpc) is 3.07. The lowest BCUT2D eigenvalue weighted by Gasteiger charge is -2.06. The van der Waals surface area contributed by atoms with Crippen LogP contribution in [-0.2, 0) is 4.74 Å². The Balaban J connectivity index is 2.10. The minimum Gasteiger partial charge on any atom is -0.465 e. The molecule has 2 rings (SSSR count). The van der Waals surface area contributed by atoms with Crippen LogP contribution >= 0.6 is 15.9 Å². The molecule has 0 radical (unpaired) electrons. The summed E-state index contributed by atoms with van der Waals surface area (Å²) in [7, 11) is 1.27. The fourth-order valence-electron chi connectivity index (χ4n) is 2.13. The lowest BCUT2D eigenvalue weighted by molar-refractivity contribution is 0.0599. The van der Waals surface area contributed by atoms with Crippen LogP contribution in [0.5, 0.6) is 0 Å². The van der Waals surface area contributed by atoms with Gasteiger partial charge in [0.15, 0.2) is 0 Å². The highest BCUT2D eigenvalue weighted by Gasteiger charge is 2.22. The second-order valence-electron chi connectivity index (χ2n) is 4.76. The molecule has 0 aliphatic heterocycles. The number of halogens is 1. The molecule has 0 aliphatic carbocycles. The van der Waals surface area contributed by atoms with Gasteiger partial charge >= 0.3 is 5.97 Å². The van der Waals surface area contributed by atoms with E-state index < -0.39 is 17.8 Å². The number of hydrogen-bond donors (Lipinski definition) is 4. The Labute approximate surface area is 140 Å². The third-order valence-electron chi connectivity index (χ3n) is 3.24. The molecule has 122 valence electrons. The van der Waals surface area contributed by atoms with Crippen molar-refractivity contribution in [3.8, 4) is 0 Å². The highest BCUT2D eigenvalue weighted by atomic mass is 79.9. The van der Waals surface area contributed by atoms with Gasteiger partial charge in [0.05, 0.1) is 12.7 Å². The molecular weight excluding hydrogens is 368 g/mol. The smallest absolute Gasteiger partial charge is 0.339 e. The summed E-state index contributed by atoms with van der Waals surface area (Å²) in [6.45, 7) is 3.28. The molecule has 0 saturated heterocycles. The third-order valence-corrected chi connectivity index (χ3v) is 3.69. The Morgan fingerprint density at radius 3 is 2.39 bits per heavy atom. The third kappa shape index (κ3) is 3.45. The molecule has 2 aromatic heterocycles. The summed E-state index contributed by atoms with van der Waals surface area (Å²) >= 11 is 3.21. The summed E-state index contributed by atoms with van der Waals surface area (Å²) < 4.78 is 5.40. The van der Waals surface area contributed by atoms with E-state index in [1.807, 2.05) is 0 Å². The quantitative estimate of drug-likeness (QED) is 0.476. The van der Waals surface area contributed by atoms with Crippen LogP contribution in [0.1, 0.15) is 42.6 Å². The molecule has 0 bridgehead atoms. The number of carbonyl (C=O) groups excluding carboxylic acids is 3. The van der Waals surface area contributed by atoms with Crippen molar-refractivity contribution in [2.24, 2.45) is 0 Å². The minimum absolute atomic E-state index is 0.177. The molecule has 0 fully saturated rings. The maximum atomic E-state index is 12.2. The Hall–Kier alpha value is -2.55. The molecule has 0 spiro atoms. The maximum absolute atomic E-state index is 12.2. The molecule has 2 aromatic rings. The van der Waals surface area contributed by atoms with Gasteiger partial charge in [0, 0.05) is 16.4 Å². The number of rotatable bonds is 3. The normalized spacial score (nSPS) is 10.3. The van der Waals surface area contributed by atoms with Gasteiger partial charge in [0.25, 0.3) is 11.8 Å². The number of ether oxygens (including phenoxy) is 1. The first-order valence-electron chi connectivity index (χ1n) is 6.57. The highest BCUT2D eigenvalue weighted by Crippen LogP contribution is 2.18. The van der Waals surface area contributed by atoms with Crippen LogP contribution < -0.4 is 10.9 Å². The lowest BCUT2D eigenvalue weighted by Crippen LogP contribution is -2.42. The van der Waals surface area contributed by atoms with Crippen LogP contribution in [0.25, 0.3) is 0 Å². The van der Waals surface area contributed by atoms with Crippen molar-refractivity contribution in [1.29, 1.82) is 0 Å². The van der Waals surface area contributed by atoms with Crippen LogP contribution in [-0.4, -0.2) is 34.9 Å². The lowest BCUT2D eigenvalue weighted by atomic mass is 10.1. The van der Waals surface area contributed by atoms with Crippen LogP contribution in [0.4, 0.5) is 0 Å². The zero-order valence-corrected chi connectivity index (χ0v) is 14.3. The number of aromatic amines is 2. The largest absolute Gasteiger partial charge is 0.465 e. The van der Waals surface area contributed by atoms with E-state index in [1.165, 1.54) is 7.11 Å². The second kappa shape index (κ2) is 6.69. The van der Waals surface area contributed by atoms with E-state index in [0.29, 0.717) is 21.3 Å². The van der Waals surface area contributed by atoms with Crippen LogP contribution in [0.2, 0.25) is 0 Å². The van der Waals surface area contributed by atoms with Crippen LogP contribution in [0, 0.1) is 13.8 Å².